The van der Waals surface area contributed by atoms with E-state index < -0.39 is 0 Å². The molecule has 0 spiro atoms. The van der Waals surface area contributed by atoms with E-state index in [1.54, 1.807) is 0 Å². The van der Waals surface area contributed by atoms with Crippen molar-refractivity contribution in [1.82, 2.24) is 9.78 Å². The fourth-order valence-corrected chi connectivity index (χ4v) is 2.30. The summed E-state index contributed by atoms with van der Waals surface area (Å²) in [5.74, 6) is 0. The van der Waals surface area contributed by atoms with E-state index >= 15 is 0 Å². The lowest BCUT2D eigenvalue weighted by Crippen LogP contribution is -2.02. The Bertz CT molecular complexity index is 542. The third-order valence-corrected chi connectivity index (χ3v) is 3.28. The zero-order valence-corrected chi connectivity index (χ0v) is 11.4. The maximum atomic E-state index is 5.29. The van der Waals surface area contributed by atoms with E-state index in [9.17, 15) is 0 Å². The van der Waals surface area contributed by atoms with Gasteiger partial charge in [0.15, 0.2) is 0 Å². The highest BCUT2D eigenvalue weighted by atomic mass is 79.9. The van der Waals surface area contributed by atoms with Crippen LogP contribution in [-0.2, 0) is 13.0 Å². The van der Waals surface area contributed by atoms with Gasteiger partial charge in [0.2, 0.25) is 0 Å². The molecule has 0 aliphatic heterocycles. The summed E-state index contributed by atoms with van der Waals surface area (Å²) in [5, 5.41) is 3.30. The molecule has 2 nitrogen and oxygen atoms in total. The average Bonchev–Trinajstić information content (AvgIpc) is 2.60. The van der Waals surface area contributed by atoms with Crippen LogP contribution in [0.25, 0.3) is 0 Å². The number of aromatic amines is 1. The minimum atomic E-state index is 0.790. The standard InChI is InChI=1S/C12H13BrN2S/c1-2-11-7-12(16)15(14-11)8-9-4-3-5-10(13)6-9/h3-7,14H,2,8H2,1H3. The molecule has 1 aromatic carbocycles. The molecule has 0 saturated heterocycles. The van der Waals surface area contributed by atoms with E-state index in [4.69, 9.17) is 12.2 Å². The Labute approximate surface area is 108 Å². The van der Waals surface area contributed by atoms with Crippen molar-refractivity contribution in [2.24, 2.45) is 0 Å². The molecule has 0 fully saturated rings. The Hall–Kier alpha value is -0.870. The molecule has 0 radical (unpaired) electrons. The molecular weight excluding hydrogens is 284 g/mol. The van der Waals surface area contributed by atoms with Crippen LogP contribution in [0.2, 0.25) is 0 Å². The number of nitrogens with one attached hydrogen (secondary N) is 1. The largest absolute Gasteiger partial charge is 0.301 e. The van der Waals surface area contributed by atoms with Crippen LogP contribution in [0.5, 0.6) is 0 Å². The van der Waals surface area contributed by atoms with Crippen LogP contribution < -0.4 is 0 Å². The number of hydrogen-bond acceptors (Lipinski definition) is 1. The van der Waals surface area contributed by atoms with Crippen molar-refractivity contribution in [3.8, 4) is 0 Å². The average molecular weight is 297 g/mol. The molecule has 0 amide bonds. The summed E-state index contributed by atoms with van der Waals surface area (Å²) < 4.78 is 3.95. The second kappa shape index (κ2) is 4.97. The van der Waals surface area contributed by atoms with Crippen molar-refractivity contribution in [1.29, 1.82) is 0 Å². The molecule has 0 saturated carbocycles. The second-order valence-electron chi connectivity index (χ2n) is 3.69. The molecule has 4 heteroatoms. The molecule has 0 unspecified atom stereocenters. The summed E-state index contributed by atoms with van der Waals surface area (Å²) in [6, 6.07) is 10.3. The molecule has 84 valence electrons. The number of rotatable bonds is 3. The van der Waals surface area contributed by atoms with Gasteiger partial charge in [0, 0.05) is 10.2 Å². The zero-order valence-electron chi connectivity index (χ0n) is 9.03. The van der Waals surface area contributed by atoms with E-state index in [1.165, 1.54) is 11.3 Å². The molecule has 0 aliphatic carbocycles. The summed E-state index contributed by atoms with van der Waals surface area (Å²) >= 11 is 8.76. The van der Waals surface area contributed by atoms with Gasteiger partial charge in [0.05, 0.1) is 6.54 Å². The number of halogens is 1. The summed E-state index contributed by atoms with van der Waals surface area (Å²) in [6.45, 7) is 2.91. The minimum absolute atomic E-state index is 0.790. The van der Waals surface area contributed by atoms with Crippen LogP contribution in [0.4, 0.5) is 0 Å². The molecule has 1 heterocycles. The Morgan fingerprint density at radius 3 is 2.81 bits per heavy atom. The molecule has 0 atom stereocenters. The van der Waals surface area contributed by atoms with Gasteiger partial charge >= 0.3 is 0 Å². The van der Waals surface area contributed by atoms with Gasteiger partial charge in [0.1, 0.15) is 4.64 Å². The first-order valence-corrected chi connectivity index (χ1v) is 6.42. The Balaban J connectivity index is 2.26. The van der Waals surface area contributed by atoms with Crippen LogP contribution in [0.3, 0.4) is 0 Å². The van der Waals surface area contributed by atoms with Gasteiger partial charge in [-0.25, -0.2) is 0 Å². The van der Waals surface area contributed by atoms with E-state index in [1.807, 2.05) is 22.9 Å². The minimum Gasteiger partial charge on any atom is -0.301 e. The first-order valence-electron chi connectivity index (χ1n) is 5.22. The molecular formula is C12H13BrN2S. The van der Waals surface area contributed by atoms with Crippen molar-refractivity contribution in [3.63, 3.8) is 0 Å². The SMILES string of the molecule is CCc1cc(=S)n(Cc2cccc(Br)c2)[nH]1. The van der Waals surface area contributed by atoms with Crippen molar-refractivity contribution >= 4 is 28.1 Å². The van der Waals surface area contributed by atoms with Gasteiger partial charge in [-0.2, -0.15) is 0 Å². The van der Waals surface area contributed by atoms with Crippen LogP contribution in [0.1, 0.15) is 18.2 Å². The molecule has 2 aromatic rings. The lowest BCUT2D eigenvalue weighted by atomic mass is 10.2. The zero-order chi connectivity index (χ0) is 11.5. The highest BCUT2D eigenvalue weighted by molar-refractivity contribution is 9.10. The Morgan fingerprint density at radius 1 is 1.38 bits per heavy atom. The van der Waals surface area contributed by atoms with E-state index in [2.05, 4.69) is 40.1 Å². The lowest BCUT2D eigenvalue weighted by Gasteiger charge is -2.04. The molecule has 16 heavy (non-hydrogen) atoms. The van der Waals surface area contributed by atoms with Gasteiger partial charge in [0.25, 0.3) is 0 Å². The van der Waals surface area contributed by atoms with E-state index in [0.29, 0.717) is 0 Å². The quantitative estimate of drug-likeness (QED) is 0.852. The number of nitrogens with zero attached hydrogens (tertiary/aromatic N) is 1. The van der Waals surface area contributed by atoms with Gasteiger partial charge in [-0.1, -0.05) is 47.2 Å². The first-order chi connectivity index (χ1) is 7.69. The lowest BCUT2D eigenvalue weighted by molar-refractivity contribution is 0.665. The van der Waals surface area contributed by atoms with Crippen molar-refractivity contribution in [2.75, 3.05) is 0 Å². The molecule has 1 N–H and O–H groups in total. The Morgan fingerprint density at radius 2 is 2.19 bits per heavy atom. The Kier molecular flexibility index (Phi) is 3.61. The number of hydrogen-bond donors (Lipinski definition) is 1. The predicted octanol–water partition coefficient (Wildman–Crippen LogP) is 3.92. The van der Waals surface area contributed by atoms with Gasteiger partial charge in [-0.3, -0.25) is 4.68 Å². The fourth-order valence-electron chi connectivity index (χ4n) is 1.60. The maximum Gasteiger partial charge on any atom is 0.122 e. The monoisotopic (exact) mass is 296 g/mol. The number of benzene rings is 1. The van der Waals surface area contributed by atoms with E-state index in [0.717, 1.165) is 22.1 Å². The fraction of sp³-hybridized carbons (Fsp3) is 0.250. The topological polar surface area (TPSA) is 20.7 Å². The number of aryl methyl sites for hydroxylation is 1. The summed E-state index contributed by atoms with van der Waals surface area (Å²) in [6.07, 6.45) is 0.981. The van der Waals surface area contributed by atoms with Crippen LogP contribution in [0, 0.1) is 4.64 Å². The normalized spacial score (nSPS) is 10.6. The first kappa shape index (κ1) is 11.6. The highest BCUT2D eigenvalue weighted by Gasteiger charge is 2.00. The number of H-pyrrole nitrogens is 1. The van der Waals surface area contributed by atoms with Crippen molar-refractivity contribution < 1.29 is 0 Å². The second-order valence-corrected chi connectivity index (χ2v) is 5.02. The van der Waals surface area contributed by atoms with Gasteiger partial charge in [-0.05, 0) is 30.2 Å². The van der Waals surface area contributed by atoms with Crippen molar-refractivity contribution in [3.05, 3.63) is 50.7 Å². The summed E-state index contributed by atoms with van der Waals surface area (Å²) in [4.78, 5) is 0. The van der Waals surface area contributed by atoms with Gasteiger partial charge < -0.3 is 5.10 Å². The molecule has 0 aliphatic rings. The molecule has 2 rings (SSSR count). The van der Waals surface area contributed by atoms with E-state index in [-0.39, 0.29) is 0 Å². The third kappa shape index (κ3) is 2.62. The summed E-state index contributed by atoms with van der Waals surface area (Å²) in [7, 11) is 0. The van der Waals surface area contributed by atoms with Crippen molar-refractivity contribution in [2.45, 2.75) is 19.9 Å². The molecule has 0 bridgehead atoms. The highest BCUT2D eigenvalue weighted by Crippen LogP contribution is 2.13. The molecule has 1 aromatic heterocycles. The van der Waals surface area contributed by atoms with Gasteiger partial charge in [-0.15, -0.1) is 0 Å². The smallest absolute Gasteiger partial charge is 0.122 e. The van der Waals surface area contributed by atoms with Crippen LogP contribution in [0.15, 0.2) is 34.8 Å². The van der Waals surface area contributed by atoms with Crippen LogP contribution in [-0.4, -0.2) is 9.78 Å². The van der Waals surface area contributed by atoms with Crippen LogP contribution >= 0.6 is 28.1 Å². The predicted molar refractivity (Wildman–Crippen MR) is 72.2 cm³/mol. The number of aromatic nitrogens is 2. The summed E-state index contributed by atoms with van der Waals surface area (Å²) in [5.41, 5.74) is 2.41. The maximum absolute atomic E-state index is 5.29. The third-order valence-electron chi connectivity index (χ3n) is 2.45.